The maximum atomic E-state index is 12.1. The Morgan fingerprint density at radius 2 is 1.88 bits per heavy atom. The summed E-state index contributed by atoms with van der Waals surface area (Å²) in [5.41, 5.74) is 3.75. The Hall–Kier alpha value is -2.40. The molecule has 5 nitrogen and oxygen atoms in total. The molecule has 2 N–H and O–H groups in total. The molecule has 6 heteroatoms. The summed E-state index contributed by atoms with van der Waals surface area (Å²) >= 11 is 6.26. The van der Waals surface area contributed by atoms with E-state index in [2.05, 4.69) is 16.7 Å². The first-order valence-corrected chi connectivity index (χ1v) is 8.61. The van der Waals surface area contributed by atoms with Crippen LogP contribution < -0.4 is 20.1 Å². The van der Waals surface area contributed by atoms with Gasteiger partial charge in [0.25, 0.3) is 0 Å². The molecule has 3 rings (SSSR count). The van der Waals surface area contributed by atoms with Gasteiger partial charge < -0.3 is 20.1 Å². The Balaban J connectivity index is 1.53. The zero-order valence-corrected chi connectivity index (χ0v) is 15.1. The molecule has 1 aliphatic heterocycles. The van der Waals surface area contributed by atoms with E-state index in [-0.39, 0.29) is 5.91 Å². The summed E-state index contributed by atoms with van der Waals surface area (Å²) in [6.07, 6.45) is 0.331. The molecule has 0 atom stereocenters. The Bertz CT molecular complexity index is 769. The van der Waals surface area contributed by atoms with Gasteiger partial charge in [0.2, 0.25) is 5.91 Å². The van der Waals surface area contributed by atoms with Crippen LogP contribution in [-0.4, -0.2) is 25.7 Å². The maximum Gasteiger partial charge on any atom is 0.226 e. The Morgan fingerprint density at radius 3 is 2.64 bits per heavy atom. The number of benzene rings is 2. The quantitative estimate of drug-likeness (QED) is 0.840. The van der Waals surface area contributed by atoms with Crippen LogP contribution in [0.1, 0.15) is 17.5 Å². The first kappa shape index (κ1) is 17.4. The van der Waals surface area contributed by atoms with Crippen molar-refractivity contribution in [1.82, 2.24) is 0 Å². The fourth-order valence-electron chi connectivity index (χ4n) is 2.79. The van der Waals surface area contributed by atoms with E-state index in [0.717, 1.165) is 16.8 Å². The highest BCUT2D eigenvalue weighted by Gasteiger charge is 2.13. The van der Waals surface area contributed by atoms with Gasteiger partial charge in [0.1, 0.15) is 13.2 Å². The first-order valence-electron chi connectivity index (χ1n) is 8.23. The molecule has 2 aromatic carbocycles. The maximum absolute atomic E-state index is 12.1. The third kappa shape index (κ3) is 4.37. The van der Waals surface area contributed by atoms with Gasteiger partial charge in [0.05, 0.1) is 10.7 Å². The van der Waals surface area contributed by atoms with Crippen molar-refractivity contribution in [3.8, 4) is 11.5 Å². The molecule has 0 radical (unpaired) electrons. The molecular formula is C19H21ClN2O3. The second-order valence-corrected chi connectivity index (χ2v) is 6.43. The van der Waals surface area contributed by atoms with Crippen LogP contribution in [0.15, 0.2) is 30.3 Å². The molecule has 0 saturated heterocycles. The number of nitrogens with one attached hydrogen (secondary N) is 2. The van der Waals surface area contributed by atoms with Gasteiger partial charge in [0.15, 0.2) is 11.5 Å². The second-order valence-electron chi connectivity index (χ2n) is 6.02. The van der Waals surface area contributed by atoms with Gasteiger partial charge in [-0.3, -0.25) is 4.79 Å². The minimum absolute atomic E-state index is 0.0786. The van der Waals surface area contributed by atoms with Crippen molar-refractivity contribution in [2.24, 2.45) is 0 Å². The van der Waals surface area contributed by atoms with E-state index in [1.807, 2.05) is 19.9 Å². The lowest BCUT2D eigenvalue weighted by atomic mass is 10.1. The lowest BCUT2D eigenvalue weighted by Crippen LogP contribution is -2.18. The third-order valence-electron chi connectivity index (χ3n) is 3.91. The van der Waals surface area contributed by atoms with Crippen LogP contribution in [0.4, 0.5) is 11.4 Å². The number of hydrogen-bond acceptors (Lipinski definition) is 4. The summed E-state index contributed by atoms with van der Waals surface area (Å²) in [5, 5.41) is 6.78. The molecule has 1 amide bonds. The van der Waals surface area contributed by atoms with E-state index in [1.165, 1.54) is 0 Å². The number of fused-ring (bicyclic) bond motifs is 1. The molecule has 25 heavy (non-hydrogen) atoms. The molecule has 0 bridgehead atoms. The topological polar surface area (TPSA) is 59.6 Å². The van der Waals surface area contributed by atoms with Gasteiger partial charge in [-0.1, -0.05) is 17.7 Å². The molecule has 0 aromatic heterocycles. The predicted octanol–water partition coefficient (Wildman–Crippen LogP) is 4.17. The van der Waals surface area contributed by atoms with Crippen LogP contribution in [0, 0.1) is 13.8 Å². The summed E-state index contributed by atoms with van der Waals surface area (Å²) in [6.45, 7) is 5.57. The van der Waals surface area contributed by atoms with Crippen LogP contribution >= 0.6 is 11.6 Å². The summed E-state index contributed by atoms with van der Waals surface area (Å²) in [4.78, 5) is 12.1. The summed E-state index contributed by atoms with van der Waals surface area (Å²) in [5.74, 6) is 1.28. The first-order chi connectivity index (χ1) is 12.0. The molecule has 0 aliphatic carbocycles. The fraction of sp³-hybridized carbons (Fsp3) is 0.316. The summed E-state index contributed by atoms with van der Waals surface area (Å²) in [7, 11) is 0. The minimum Gasteiger partial charge on any atom is -0.486 e. The van der Waals surface area contributed by atoms with Crippen LogP contribution in [-0.2, 0) is 4.79 Å². The number of anilines is 2. The predicted molar refractivity (Wildman–Crippen MR) is 100 cm³/mol. The molecular weight excluding hydrogens is 340 g/mol. The van der Waals surface area contributed by atoms with E-state index in [4.69, 9.17) is 21.1 Å². The Kier molecular flexibility index (Phi) is 5.34. The van der Waals surface area contributed by atoms with Gasteiger partial charge in [-0.2, -0.15) is 0 Å². The molecule has 132 valence electrons. The van der Waals surface area contributed by atoms with Gasteiger partial charge in [-0.25, -0.2) is 0 Å². The molecule has 1 heterocycles. The average molecular weight is 361 g/mol. The van der Waals surface area contributed by atoms with Crippen LogP contribution in [0.3, 0.4) is 0 Å². The van der Waals surface area contributed by atoms with Crippen molar-refractivity contribution in [2.75, 3.05) is 30.4 Å². The van der Waals surface area contributed by atoms with Crippen LogP contribution in [0.25, 0.3) is 0 Å². The van der Waals surface area contributed by atoms with E-state index in [1.54, 1.807) is 18.2 Å². The number of carbonyl (C=O) groups is 1. The SMILES string of the molecule is Cc1cc(C)c(NCCC(=O)Nc2ccc3c(c2)OCCO3)c(Cl)c1. The number of halogens is 1. The number of amides is 1. The van der Waals surface area contributed by atoms with Gasteiger partial charge in [-0.15, -0.1) is 0 Å². The molecule has 0 fully saturated rings. The van der Waals surface area contributed by atoms with Gasteiger partial charge in [0, 0.05) is 24.7 Å². The van der Waals surface area contributed by atoms with Crippen molar-refractivity contribution in [3.05, 3.63) is 46.5 Å². The zero-order valence-electron chi connectivity index (χ0n) is 14.3. The normalized spacial score (nSPS) is 12.6. The van der Waals surface area contributed by atoms with Crippen molar-refractivity contribution < 1.29 is 14.3 Å². The summed E-state index contributed by atoms with van der Waals surface area (Å²) in [6, 6.07) is 9.36. The van der Waals surface area contributed by atoms with Gasteiger partial charge >= 0.3 is 0 Å². The third-order valence-corrected chi connectivity index (χ3v) is 4.21. The van der Waals surface area contributed by atoms with Crippen molar-refractivity contribution in [2.45, 2.75) is 20.3 Å². The number of hydrogen-bond donors (Lipinski definition) is 2. The van der Waals surface area contributed by atoms with E-state index in [9.17, 15) is 4.79 Å². The smallest absolute Gasteiger partial charge is 0.226 e. The Morgan fingerprint density at radius 1 is 1.12 bits per heavy atom. The van der Waals surface area contributed by atoms with E-state index >= 15 is 0 Å². The highest BCUT2D eigenvalue weighted by Crippen LogP contribution is 2.32. The molecule has 0 unspecified atom stereocenters. The molecule has 0 saturated carbocycles. The number of carbonyl (C=O) groups excluding carboxylic acids is 1. The average Bonchev–Trinajstić information content (AvgIpc) is 2.57. The Labute approximate surface area is 152 Å². The van der Waals surface area contributed by atoms with Crippen molar-refractivity contribution in [3.63, 3.8) is 0 Å². The van der Waals surface area contributed by atoms with Gasteiger partial charge in [-0.05, 0) is 43.2 Å². The second kappa shape index (κ2) is 7.66. The van der Waals surface area contributed by atoms with Crippen molar-refractivity contribution >= 4 is 28.9 Å². The lowest BCUT2D eigenvalue weighted by Gasteiger charge is -2.19. The van der Waals surface area contributed by atoms with E-state index in [0.29, 0.717) is 48.4 Å². The highest BCUT2D eigenvalue weighted by atomic mass is 35.5. The standard InChI is InChI=1S/C19H21ClN2O3/c1-12-9-13(2)19(15(20)10-12)21-6-5-18(23)22-14-3-4-16-17(11-14)25-8-7-24-16/h3-4,9-11,21H,5-8H2,1-2H3,(H,22,23). The van der Waals surface area contributed by atoms with E-state index < -0.39 is 0 Å². The molecule has 2 aromatic rings. The zero-order chi connectivity index (χ0) is 17.8. The number of rotatable bonds is 5. The number of aryl methyl sites for hydroxylation is 2. The summed E-state index contributed by atoms with van der Waals surface area (Å²) < 4.78 is 11.0. The largest absolute Gasteiger partial charge is 0.486 e. The van der Waals surface area contributed by atoms with Crippen molar-refractivity contribution in [1.29, 1.82) is 0 Å². The van der Waals surface area contributed by atoms with Crippen LogP contribution in [0.5, 0.6) is 11.5 Å². The minimum atomic E-state index is -0.0786. The monoisotopic (exact) mass is 360 g/mol. The number of ether oxygens (including phenoxy) is 2. The fourth-order valence-corrected chi connectivity index (χ4v) is 3.17. The lowest BCUT2D eigenvalue weighted by molar-refractivity contribution is -0.115. The highest BCUT2D eigenvalue weighted by molar-refractivity contribution is 6.33. The van der Waals surface area contributed by atoms with Crippen LogP contribution in [0.2, 0.25) is 5.02 Å². The molecule has 1 aliphatic rings. The molecule has 0 spiro atoms.